The van der Waals surface area contributed by atoms with Crippen LogP contribution in [0, 0.1) is 5.92 Å². The third-order valence-corrected chi connectivity index (χ3v) is 3.04. The van der Waals surface area contributed by atoms with E-state index in [4.69, 9.17) is 0 Å². The van der Waals surface area contributed by atoms with Gasteiger partial charge in [-0.1, -0.05) is 19.1 Å². The molecule has 2 heteroatoms. The quantitative estimate of drug-likeness (QED) is 0.713. The summed E-state index contributed by atoms with van der Waals surface area (Å²) >= 11 is 0. The molecular formula is C13H25NO. The minimum Gasteiger partial charge on any atom is -0.351 e. The first kappa shape index (κ1) is 12.3. The van der Waals surface area contributed by atoms with Crippen LogP contribution in [0.3, 0.4) is 0 Å². The summed E-state index contributed by atoms with van der Waals surface area (Å²) < 4.78 is 0. The highest BCUT2D eigenvalue weighted by atomic mass is 16.1. The molecule has 0 bridgehead atoms. The zero-order valence-electron chi connectivity index (χ0n) is 10.2. The highest BCUT2D eigenvalue weighted by molar-refractivity contribution is 5.74. The molecular weight excluding hydrogens is 186 g/mol. The van der Waals surface area contributed by atoms with Gasteiger partial charge in [-0.3, -0.25) is 4.79 Å². The van der Waals surface area contributed by atoms with Crippen LogP contribution in [0.2, 0.25) is 0 Å². The molecule has 1 N–H and O–H groups in total. The first-order valence-corrected chi connectivity index (χ1v) is 6.04. The van der Waals surface area contributed by atoms with Gasteiger partial charge in [0, 0.05) is 13.9 Å². The van der Waals surface area contributed by atoms with Crippen LogP contribution in [0.15, 0.2) is 12.2 Å². The second kappa shape index (κ2) is 5.34. The van der Waals surface area contributed by atoms with Gasteiger partial charge >= 0.3 is 0 Å². The maximum atomic E-state index is 10.7. The molecule has 0 unspecified atom stereocenters. The third-order valence-electron chi connectivity index (χ3n) is 3.04. The van der Waals surface area contributed by atoms with Gasteiger partial charge in [-0.05, 0) is 44.9 Å². The lowest BCUT2D eigenvalue weighted by Gasteiger charge is -2.14. The standard InChI is InChI=1S/C8H13NO.C5H10.H2/c1-6(10)9-8(4-5-8)7-2-3-7;1-3-5-4-2;/h7H,2-5H2,1H3,(H,9,10);3,5H,4H2,1-2H3;1H/b;5-3+;. The molecule has 0 aromatic heterocycles. The molecule has 0 atom stereocenters. The van der Waals surface area contributed by atoms with Crippen molar-refractivity contribution in [1.82, 2.24) is 5.32 Å². The van der Waals surface area contributed by atoms with Crippen molar-refractivity contribution in [1.29, 1.82) is 0 Å². The summed E-state index contributed by atoms with van der Waals surface area (Å²) in [5, 5.41) is 3.05. The van der Waals surface area contributed by atoms with Crippen LogP contribution in [-0.2, 0) is 4.79 Å². The Morgan fingerprint density at radius 1 is 1.53 bits per heavy atom. The Morgan fingerprint density at radius 2 is 2.13 bits per heavy atom. The van der Waals surface area contributed by atoms with Gasteiger partial charge in [0.25, 0.3) is 0 Å². The second-order valence-corrected chi connectivity index (χ2v) is 4.59. The minimum atomic E-state index is 0. The Labute approximate surface area is 94.6 Å². The number of rotatable bonds is 3. The molecule has 88 valence electrons. The van der Waals surface area contributed by atoms with Gasteiger partial charge in [0.2, 0.25) is 5.91 Å². The second-order valence-electron chi connectivity index (χ2n) is 4.59. The Morgan fingerprint density at radius 3 is 2.33 bits per heavy atom. The lowest BCUT2D eigenvalue weighted by Crippen LogP contribution is -2.36. The number of nitrogens with one attached hydrogen (secondary N) is 1. The molecule has 0 saturated heterocycles. The van der Waals surface area contributed by atoms with Crippen molar-refractivity contribution in [2.24, 2.45) is 5.92 Å². The lowest BCUT2D eigenvalue weighted by atomic mass is 10.1. The number of allylic oxidation sites excluding steroid dienone is 2. The average Bonchev–Trinajstić information content (AvgIpc) is 2.99. The Kier molecular flexibility index (Phi) is 4.37. The molecule has 0 heterocycles. The number of carbonyl (C=O) groups is 1. The van der Waals surface area contributed by atoms with Crippen LogP contribution in [-0.4, -0.2) is 11.4 Å². The summed E-state index contributed by atoms with van der Waals surface area (Å²) in [6.07, 6.45) is 10.4. The van der Waals surface area contributed by atoms with E-state index in [1.807, 2.05) is 6.92 Å². The van der Waals surface area contributed by atoms with Crippen molar-refractivity contribution in [3.8, 4) is 0 Å². The first-order chi connectivity index (χ1) is 7.14. The van der Waals surface area contributed by atoms with Crippen LogP contribution in [0.25, 0.3) is 0 Å². The fourth-order valence-electron chi connectivity index (χ4n) is 1.99. The summed E-state index contributed by atoms with van der Waals surface area (Å²) in [6, 6.07) is 0. The molecule has 2 aliphatic carbocycles. The van der Waals surface area contributed by atoms with E-state index in [1.54, 1.807) is 6.92 Å². The third kappa shape index (κ3) is 4.06. The molecule has 0 aliphatic heterocycles. The molecule has 2 nitrogen and oxygen atoms in total. The predicted octanol–water partition coefficient (Wildman–Crippen LogP) is 3.28. The van der Waals surface area contributed by atoms with Crippen molar-refractivity contribution in [3.63, 3.8) is 0 Å². The molecule has 0 radical (unpaired) electrons. The number of hydrogen-bond donors (Lipinski definition) is 1. The summed E-state index contributed by atoms with van der Waals surface area (Å²) in [5.41, 5.74) is 0.284. The van der Waals surface area contributed by atoms with Gasteiger partial charge in [0.1, 0.15) is 0 Å². The number of hydrogen-bond acceptors (Lipinski definition) is 1. The smallest absolute Gasteiger partial charge is 0.217 e. The fourth-order valence-corrected chi connectivity index (χ4v) is 1.99. The monoisotopic (exact) mass is 211 g/mol. The van der Waals surface area contributed by atoms with Gasteiger partial charge in [0.15, 0.2) is 0 Å². The molecule has 0 spiro atoms. The van der Waals surface area contributed by atoms with Gasteiger partial charge < -0.3 is 5.32 Å². The minimum absolute atomic E-state index is 0. The number of amides is 1. The normalized spacial score (nSPS) is 21.8. The van der Waals surface area contributed by atoms with E-state index in [0.29, 0.717) is 0 Å². The zero-order chi connectivity index (χ0) is 11.3. The van der Waals surface area contributed by atoms with E-state index in [0.717, 1.165) is 12.3 Å². The van der Waals surface area contributed by atoms with Crippen molar-refractivity contribution < 1.29 is 6.22 Å². The summed E-state index contributed by atoms with van der Waals surface area (Å²) in [7, 11) is 0. The maximum absolute atomic E-state index is 10.7. The Balaban J connectivity index is 0.000000330. The van der Waals surface area contributed by atoms with Crippen LogP contribution >= 0.6 is 0 Å². The topological polar surface area (TPSA) is 29.1 Å². The molecule has 15 heavy (non-hydrogen) atoms. The molecule has 2 aliphatic rings. The Hall–Kier alpha value is -0.790. The molecule has 0 aromatic carbocycles. The average molecular weight is 211 g/mol. The highest BCUT2D eigenvalue weighted by Gasteiger charge is 2.54. The fraction of sp³-hybridized carbons (Fsp3) is 0.769. The van der Waals surface area contributed by atoms with Crippen LogP contribution in [0.4, 0.5) is 0 Å². The van der Waals surface area contributed by atoms with Gasteiger partial charge in [-0.2, -0.15) is 0 Å². The van der Waals surface area contributed by atoms with Gasteiger partial charge in [0.05, 0.1) is 0 Å². The summed E-state index contributed by atoms with van der Waals surface area (Å²) in [4.78, 5) is 10.7. The van der Waals surface area contributed by atoms with Gasteiger partial charge in [-0.25, -0.2) is 0 Å². The lowest BCUT2D eigenvalue weighted by molar-refractivity contribution is -0.120. The molecule has 2 rings (SSSR count). The van der Waals surface area contributed by atoms with E-state index >= 15 is 0 Å². The van der Waals surface area contributed by atoms with Crippen molar-refractivity contribution in [2.45, 2.75) is 58.4 Å². The molecule has 1 amide bonds. The van der Waals surface area contributed by atoms with E-state index in [1.165, 1.54) is 25.7 Å². The van der Waals surface area contributed by atoms with Crippen LogP contribution in [0.1, 0.15) is 54.3 Å². The Bertz CT molecular complexity index is 242. The molecule has 0 aromatic rings. The van der Waals surface area contributed by atoms with E-state index in [-0.39, 0.29) is 12.9 Å². The van der Waals surface area contributed by atoms with Crippen molar-refractivity contribution in [2.75, 3.05) is 0 Å². The molecule has 2 saturated carbocycles. The summed E-state index contributed by atoms with van der Waals surface area (Å²) in [5.74, 6) is 0.973. The van der Waals surface area contributed by atoms with Crippen LogP contribution in [0.5, 0.6) is 0 Å². The largest absolute Gasteiger partial charge is 0.351 e. The van der Waals surface area contributed by atoms with Crippen molar-refractivity contribution >= 4 is 5.91 Å². The van der Waals surface area contributed by atoms with Crippen LogP contribution < -0.4 is 5.32 Å². The van der Waals surface area contributed by atoms with E-state index in [9.17, 15) is 4.79 Å². The van der Waals surface area contributed by atoms with E-state index < -0.39 is 0 Å². The first-order valence-electron chi connectivity index (χ1n) is 6.04. The molecule has 2 fully saturated rings. The highest BCUT2D eigenvalue weighted by Crippen LogP contribution is 2.53. The number of carbonyl (C=O) groups excluding carboxylic acids is 1. The van der Waals surface area contributed by atoms with Crippen molar-refractivity contribution in [3.05, 3.63) is 12.2 Å². The predicted molar refractivity (Wildman–Crippen MR) is 65.7 cm³/mol. The maximum Gasteiger partial charge on any atom is 0.217 e. The van der Waals surface area contributed by atoms with E-state index in [2.05, 4.69) is 24.4 Å². The summed E-state index contributed by atoms with van der Waals surface area (Å²) in [6.45, 7) is 5.77. The van der Waals surface area contributed by atoms with Gasteiger partial charge in [-0.15, -0.1) is 0 Å². The SMILES string of the molecule is C/C=C/CC.CC(=O)NC1(C2CC2)CC1.[HH]. The zero-order valence-corrected chi connectivity index (χ0v) is 10.2.